The van der Waals surface area contributed by atoms with Gasteiger partial charge in [0.15, 0.2) is 0 Å². The number of aliphatic hydroxyl groups excluding tert-OH is 1. The molecule has 8 heteroatoms. The van der Waals surface area contributed by atoms with Crippen molar-refractivity contribution in [2.75, 3.05) is 47.9 Å². The molecule has 0 aromatic heterocycles. The van der Waals surface area contributed by atoms with Gasteiger partial charge in [-0.15, -0.1) is 0 Å². The Bertz CT molecular complexity index is 704. The smallest absolute Gasteiger partial charge is 0.249 e. The normalized spacial score (nSPS) is 26.7. The fourth-order valence-corrected chi connectivity index (χ4v) is 3.84. The van der Waals surface area contributed by atoms with E-state index in [4.69, 9.17) is 0 Å². The van der Waals surface area contributed by atoms with E-state index in [1.165, 1.54) is 0 Å². The second-order valence-corrected chi connectivity index (χ2v) is 6.74. The molecule has 8 nitrogen and oxygen atoms in total. The van der Waals surface area contributed by atoms with Crippen molar-refractivity contribution in [2.45, 2.75) is 25.2 Å². The number of carbonyl (C=O) groups excluding carboxylic acids is 2. The van der Waals surface area contributed by atoms with Crippen molar-refractivity contribution in [3.63, 3.8) is 0 Å². The fourth-order valence-electron chi connectivity index (χ4n) is 3.84. The molecular formula is C17H23N5O3. The van der Waals surface area contributed by atoms with E-state index >= 15 is 0 Å². The van der Waals surface area contributed by atoms with Gasteiger partial charge in [0.1, 0.15) is 6.04 Å². The fraction of sp³-hybridized carbons (Fsp3) is 0.529. The Balaban J connectivity index is 1.64. The van der Waals surface area contributed by atoms with Gasteiger partial charge in [-0.1, -0.05) is 0 Å². The molecule has 2 fully saturated rings. The second kappa shape index (κ2) is 6.20. The van der Waals surface area contributed by atoms with Crippen LogP contribution in [0.2, 0.25) is 0 Å². The second-order valence-electron chi connectivity index (χ2n) is 6.74. The number of benzene rings is 1. The highest BCUT2D eigenvalue weighted by molar-refractivity contribution is 6.02. The molecular weight excluding hydrogens is 322 g/mol. The van der Waals surface area contributed by atoms with Crippen LogP contribution in [0.1, 0.15) is 12.8 Å². The third-order valence-electron chi connectivity index (χ3n) is 5.24. The first-order valence-corrected chi connectivity index (χ1v) is 8.69. The van der Waals surface area contributed by atoms with Gasteiger partial charge in [0, 0.05) is 45.3 Å². The summed E-state index contributed by atoms with van der Waals surface area (Å²) in [6.07, 6.45) is -0.219. The molecule has 3 aliphatic heterocycles. The predicted octanol–water partition coefficient (Wildman–Crippen LogP) is -0.566. The van der Waals surface area contributed by atoms with E-state index in [-0.39, 0.29) is 18.2 Å². The monoisotopic (exact) mass is 345 g/mol. The molecule has 4 rings (SSSR count). The molecule has 0 bridgehead atoms. The summed E-state index contributed by atoms with van der Waals surface area (Å²) in [5, 5.41) is 16.4. The van der Waals surface area contributed by atoms with Gasteiger partial charge in [-0.25, -0.2) is 0 Å². The molecule has 2 saturated heterocycles. The van der Waals surface area contributed by atoms with Crippen molar-refractivity contribution >= 4 is 28.9 Å². The maximum Gasteiger partial charge on any atom is 0.249 e. The van der Waals surface area contributed by atoms with E-state index in [0.717, 1.165) is 43.2 Å². The third-order valence-corrected chi connectivity index (χ3v) is 5.24. The zero-order valence-electron chi connectivity index (χ0n) is 14.2. The number of anilines is 3. The largest absolute Gasteiger partial charge is 0.369 e. The summed E-state index contributed by atoms with van der Waals surface area (Å²) in [6, 6.07) is 5.52. The van der Waals surface area contributed by atoms with E-state index in [1.54, 1.807) is 9.80 Å². The molecule has 0 saturated carbocycles. The van der Waals surface area contributed by atoms with Crippen LogP contribution < -0.4 is 25.3 Å². The summed E-state index contributed by atoms with van der Waals surface area (Å²) < 4.78 is 0. The Hall–Kier alpha value is -2.32. The molecule has 1 aromatic carbocycles. The van der Waals surface area contributed by atoms with Crippen LogP contribution in [0.4, 0.5) is 17.1 Å². The standard InChI is InChI=1S/C17H23N5O3/c1-20-14-10-11(21-8-6-18-7-9-21)2-3-12(14)22(17(20)25)13-4-5-15(23)19-16(13)24/h2-3,10,13,17-18,25H,4-9H2,1H3,(H,19,23,24). The van der Waals surface area contributed by atoms with Crippen molar-refractivity contribution in [3.8, 4) is 0 Å². The molecule has 134 valence electrons. The third kappa shape index (κ3) is 2.71. The number of piperazine rings is 1. The highest BCUT2D eigenvalue weighted by Gasteiger charge is 2.42. The summed E-state index contributed by atoms with van der Waals surface area (Å²) in [7, 11) is 1.82. The average molecular weight is 345 g/mol. The number of rotatable bonds is 2. The van der Waals surface area contributed by atoms with Crippen LogP contribution in [0.25, 0.3) is 0 Å². The molecule has 0 radical (unpaired) electrons. The summed E-state index contributed by atoms with van der Waals surface area (Å²) in [4.78, 5) is 29.4. The molecule has 3 heterocycles. The van der Waals surface area contributed by atoms with Crippen LogP contribution in [0, 0.1) is 0 Å². The number of nitrogens with one attached hydrogen (secondary N) is 2. The van der Waals surface area contributed by atoms with Gasteiger partial charge in [-0.05, 0) is 24.6 Å². The Kier molecular flexibility index (Phi) is 4.01. The average Bonchev–Trinajstić information content (AvgIpc) is 2.87. The first-order chi connectivity index (χ1) is 12.1. The minimum absolute atomic E-state index is 0.252. The Labute approximate surface area is 146 Å². The Morgan fingerprint density at radius 2 is 1.92 bits per heavy atom. The lowest BCUT2D eigenvalue weighted by Crippen LogP contribution is -2.56. The van der Waals surface area contributed by atoms with Gasteiger partial charge in [0.2, 0.25) is 18.2 Å². The lowest BCUT2D eigenvalue weighted by molar-refractivity contribution is -0.134. The SMILES string of the molecule is CN1c2cc(N3CCNCC3)ccc2N(C2CCC(=O)NC2=O)C1O. The van der Waals surface area contributed by atoms with Crippen molar-refractivity contribution in [1.29, 1.82) is 0 Å². The molecule has 25 heavy (non-hydrogen) atoms. The van der Waals surface area contributed by atoms with E-state index < -0.39 is 12.4 Å². The summed E-state index contributed by atoms with van der Waals surface area (Å²) >= 11 is 0. The van der Waals surface area contributed by atoms with E-state index in [9.17, 15) is 14.7 Å². The molecule has 2 atom stereocenters. The van der Waals surface area contributed by atoms with Gasteiger partial charge in [-0.3, -0.25) is 14.9 Å². The highest BCUT2D eigenvalue weighted by atomic mass is 16.3. The maximum absolute atomic E-state index is 12.2. The minimum atomic E-state index is -0.919. The molecule has 2 amide bonds. The van der Waals surface area contributed by atoms with Gasteiger partial charge < -0.3 is 25.1 Å². The van der Waals surface area contributed by atoms with Crippen LogP contribution in [0.5, 0.6) is 0 Å². The highest BCUT2D eigenvalue weighted by Crippen LogP contribution is 2.42. The number of nitrogens with zero attached hydrogens (tertiary/aromatic N) is 3. The number of piperidine rings is 1. The van der Waals surface area contributed by atoms with Gasteiger partial charge >= 0.3 is 0 Å². The number of amides is 2. The molecule has 3 N–H and O–H groups in total. The molecule has 0 aliphatic carbocycles. The van der Waals surface area contributed by atoms with Crippen molar-refractivity contribution in [3.05, 3.63) is 18.2 Å². The topological polar surface area (TPSA) is 88.2 Å². The van der Waals surface area contributed by atoms with Gasteiger partial charge in [0.25, 0.3) is 0 Å². The Morgan fingerprint density at radius 1 is 1.16 bits per heavy atom. The maximum atomic E-state index is 12.2. The van der Waals surface area contributed by atoms with Crippen LogP contribution in [-0.4, -0.2) is 62.5 Å². The lowest BCUT2D eigenvalue weighted by Gasteiger charge is -2.34. The first kappa shape index (κ1) is 16.2. The van der Waals surface area contributed by atoms with Crippen LogP contribution in [0.15, 0.2) is 18.2 Å². The lowest BCUT2D eigenvalue weighted by atomic mass is 10.0. The number of aliphatic hydroxyl groups is 1. The number of carbonyl (C=O) groups is 2. The van der Waals surface area contributed by atoms with Crippen LogP contribution >= 0.6 is 0 Å². The molecule has 0 spiro atoms. The number of hydrogen-bond donors (Lipinski definition) is 3. The first-order valence-electron chi connectivity index (χ1n) is 8.69. The molecule has 2 unspecified atom stereocenters. The summed E-state index contributed by atoms with van der Waals surface area (Å²) in [5.41, 5.74) is 2.83. The van der Waals surface area contributed by atoms with Crippen LogP contribution in [0.3, 0.4) is 0 Å². The Morgan fingerprint density at radius 3 is 2.64 bits per heavy atom. The zero-order chi connectivity index (χ0) is 17.6. The predicted molar refractivity (Wildman–Crippen MR) is 94.6 cm³/mol. The van der Waals surface area contributed by atoms with Crippen molar-refractivity contribution in [2.24, 2.45) is 0 Å². The number of hydrogen-bond acceptors (Lipinski definition) is 7. The van der Waals surface area contributed by atoms with Crippen LogP contribution in [-0.2, 0) is 9.59 Å². The van der Waals surface area contributed by atoms with E-state index in [0.29, 0.717) is 6.42 Å². The minimum Gasteiger partial charge on any atom is -0.369 e. The molecule has 1 aromatic rings. The van der Waals surface area contributed by atoms with E-state index in [2.05, 4.69) is 21.6 Å². The summed E-state index contributed by atoms with van der Waals surface area (Å²) in [6.45, 7) is 3.81. The number of imide groups is 1. The zero-order valence-corrected chi connectivity index (χ0v) is 14.2. The number of fused-ring (bicyclic) bond motifs is 1. The van der Waals surface area contributed by atoms with Crippen molar-refractivity contribution < 1.29 is 14.7 Å². The van der Waals surface area contributed by atoms with E-state index in [1.807, 2.05) is 19.2 Å². The van der Waals surface area contributed by atoms with Crippen molar-refractivity contribution in [1.82, 2.24) is 10.6 Å². The molecule has 3 aliphatic rings. The quantitative estimate of drug-likeness (QED) is 0.619. The van der Waals surface area contributed by atoms with Gasteiger partial charge in [0.05, 0.1) is 11.4 Å². The summed E-state index contributed by atoms with van der Waals surface area (Å²) in [5.74, 6) is -0.597. The van der Waals surface area contributed by atoms with Gasteiger partial charge in [-0.2, -0.15) is 0 Å².